The van der Waals surface area contributed by atoms with Gasteiger partial charge in [-0.25, -0.2) is 0 Å². The zero-order valence-electron chi connectivity index (χ0n) is 14.3. The number of fused-ring (bicyclic) bond motifs is 1. The summed E-state index contributed by atoms with van der Waals surface area (Å²) in [6, 6.07) is 6.63. The number of amides is 3. The first-order chi connectivity index (χ1) is 12.2. The number of carbonyl (C=O) groups is 3. The van der Waals surface area contributed by atoms with Gasteiger partial charge < -0.3 is 10.1 Å². The number of nitrogens with zero attached hydrogens (tertiary/aromatic N) is 1. The highest BCUT2D eigenvalue weighted by Gasteiger charge is 2.36. The van der Waals surface area contributed by atoms with E-state index in [-0.39, 0.29) is 12.5 Å². The van der Waals surface area contributed by atoms with Crippen LogP contribution in [0.5, 0.6) is 0 Å². The summed E-state index contributed by atoms with van der Waals surface area (Å²) in [4.78, 5) is 37.4. The first-order valence-electron chi connectivity index (χ1n) is 9.00. The molecule has 6 nitrogen and oxygen atoms in total. The Bertz CT molecular complexity index is 618. The smallest absolute Gasteiger partial charge is 0.262 e. The fraction of sp³-hybridized carbons (Fsp3) is 0.526. The number of carbonyl (C=O) groups excluding carboxylic acids is 3. The van der Waals surface area contributed by atoms with E-state index >= 15 is 0 Å². The largest absolute Gasteiger partial charge is 0.378 e. The molecule has 1 aromatic carbocycles. The van der Waals surface area contributed by atoms with E-state index in [4.69, 9.17) is 4.74 Å². The van der Waals surface area contributed by atoms with E-state index < -0.39 is 11.8 Å². The quantitative estimate of drug-likeness (QED) is 0.607. The fourth-order valence-corrected chi connectivity index (χ4v) is 3.36. The van der Waals surface area contributed by atoms with Crippen molar-refractivity contribution in [2.75, 3.05) is 19.7 Å². The highest BCUT2D eigenvalue weighted by atomic mass is 16.5. The number of nitrogens with one attached hydrogen (secondary N) is 1. The molecule has 0 bridgehead atoms. The lowest BCUT2D eigenvalue weighted by Crippen LogP contribution is -2.40. The van der Waals surface area contributed by atoms with E-state index in [0.717, 1.165) is 24.2 Å². The SMILES string of the molecule is O=C(CN1C(=O)c2ccccc2C1=O)NCCCOC1CCCCC1. The second-order valence-corrected chi connectivity index (χ2v) is 6.58. The average Bonchev–Trinajstić information content (AvgIpc) is 2.88. The molecule has 2 aliphatic rings. The van der Waals surface area contributed by atoms with E-state index in [9.17, 15) is 14.4 Å². The maximum Gasteiger partial charge on any atom is 0.262 e. The van der Waals surface area contributed by atoms with E-state index in [2.05, 4.69) is 5.32 Å². The first kappa shape index (κ1) is 17.6. The Labute approximate surface area is 147 Å². The van der Waals surface area contributed by atoms with Crippen molar-refractivity contribution in [2.24, 2.45) is 0 Å². The molecule has 1 N–H and O–H groups in total. The van der Waals surface area contributed by atoms with E-state index in [1.165, 1.54) is 19.3 Å². The van der Waals surface area contributed by atoms with Gasteiger partial charge in [-0.15, -0.1) is 0 Å². The van der Waals surface area contributed by atoms with Crippen molar-refractivity contribution in [1.82, 2.24) is 10.2 Å². The molecule has 6 heteroatoms. The summed E-state index contributed by atoms with van der Waals surface area (Å²) >= 11 is 0. The molecule has 0 radical (unpaired) electrons. The topological polar surface area (TPSA) is 75.7 Å². The Morgan fingerprint density at radius 1 is 1.08 bits per heavy atom. The highest BCUT2D eigenvalue weighted by Crippen LogP contribution is 2.22. The van der Waals surface area contributed by atoms with Crippen molar-refractivity contribution in [3.05, 3.63) is 35.4 Å². The number of ether oxygens (including phenoxy) is 1. The third-order valence-corrected chi connectivity index (χ3v) is 4.73. The first-order valence-corrected chi connectivity index (χ1v) is 9.00. The second-order valence-electron chi connectivity index (χ2n) is 6.58. The summed E-state index contributed by atoms with van der Waals surface area (Å²) in [7, 11) is 0. The Balaban J connectivity index is 1.37. The molecule has 1 fully saturated rings. The molecule has 1 aliphatic carbocycles. The molecular weight excluding hydrogens is 320 g/mol. The van der Waals surface area contributed by atoms with Gasteiger partial charge in [0.05, 0.1) is 17.2 Å². The zero-order valence-corrected chi connectivity index (χ0v) is 14.3. The van der Waals surface area contributed by atoms with E-state index in [0.29, 0.717) is 30.4 Å². The molecule has 1 aromatic rings. The minimum absolute atomic E-state index is 0.240. The third kappa shape index (κ3) is 4.25. The third-order valence-electron chi connectivity index (χ3n) is 4.73. The molecule has 3 amide bonds. The van der Waals surface area contributed by atoms with Gasteiger partial charge in [0, 0.05) is 13.2 Å². The summed E-state index contributed by atoms with van der Waals surface area (Å²) in [6.45, 7) is 0.864. The van der Waals surface area contributed by atoms with Crippen LogP contribution in [0.3, 0.4) is 0 Å². The van der Waals surface area contributed by atoms with Gasteiger partial charge in [-0.05, 0) is 31.4 Å². The molecule has 0 unspecified atom stereocenters. The number of benzene rings is 1. The predicted molar refractivity (Wildman–Crippen MR) is 92.3 cm³/mol. The van der Waals surface area contributed by atoms with Crippen LogP contribution >= 0.6 is 0 Å². The molecule has 0 spiro atoms. The van der Waals surface area contributed by atoms with Crippen molar-refractivity contribution >= 4 is 17.7 Å². The molecule has 1 saturated carbocycles. The Morgan fingerprint density at radius 2 is 1.72 bits per heavy atom. The van der Waals surface area contributed by atoms with E-state index in [1.54, 1.807) is 24.3 Å². The molecule has 3 rings (SSSR count). The van der Waals surface area contributed by atoms with Gasteiger partial charge in [0.25, 0.3) is 11.8 Å². The highest BCUT2D eigenvalue weighted by molar-refractivity contribution is 6.22. The van der Waals surface area contributed by atoms with Gasteiger partial charge in [0.1, 0.15) is 6.54 Å². The normalized spacial score (nSPS) is 17.7. The standard InChI is InChI=1S/C19H24N2O4/c22-17(20-11-6-12-25-14-7-2-1-3-8-14)13-21-18(23)15-9-4-5-10-16(15)19(21)24/h4-5,9-10,14H,1-3,6-8,11-13H2,(H,20,22). The maximum absolute atomic E-state index is 12.2. The van der Waals surface area contributed by atoms with Gasteiger partial charge in [-0.2, -0.15) is 0 Å². The molecule has 25 heavy (non-hydrogen) atoms. The molecule has 1 heterocycles. The summed E-state index contributed by atoms with van der Waals surface area (Å²) in [5, 5.41) is 2.75. The monoisotopic (exact) mass is 344 g/mol. The van der Waals surface area contributed by atoms with Gasteiger partial charge in [0.15, 0.2) is 0 Å². The van der Waals surface area contributed by atoms with Crippen LogP contribution in [-0.2, 0) is 9.53 Å². The second kappa shape index (κ2) is 8.25. The molecule has 0 aromatic heterocycles. The molecular formula is C19H24N2O4. The lowest BCUT2D eigenvalue weighted by molar-refractivity contribution is -0.121. The minimum atomic E-state index is -0.406. The summed E-state index contributed by atoms with van der Waals surface area (Å²) in [5.74, 6) is -1.14. The Morgan fingerprint density at radius 3 is 2.36 bits per heavy atom. The number of hydrogen-bond donors (Lipinski definition) is 1. The number of rotatable bonds is 7. The number of hydrogen-bond acceptors (Lipinski definition) is 4. The summed E-state index contributed by atoms with van der Waals surface area (Å²) < 4.78 is 5.80. The Kier molecular flexibility index (Phi) is 5.81. The van der Waals surface area contributed by atoms with Crippen molar-refractivity contribution in [3.63, 3.8) is 0 Å². The van der Waals surface area contributed by atoms with Crippen LogP contribution in [-0.4, -0.2) is 48.4 Å². The predicted octanol–water partition coefficient (Wildman–Crippen LogP) is 2.14. The van der Waals surface area contributed by atoms with Crippen molar-refractivity contribution in [2.45, 2.75) is 44.6 Å². The number of imide groups is 1. The van der Waals surface area contributed by atoms with Crippen LogP contribution in [0.25, 0.3) is 0 Å². The van der Waals surface area contributed by atoms with Crippen LogP contribution in [0.1, 0.15) is 59.2 Å². The van der Waals surface area contributed by atoms with Gasteiger partial charge in [-0.1, -0.05) is 31.4 Å². The van der Waals surface area contributed by atoms with Gasteiger partial charge in [-0.3, -0.25) is 19.3 Å². The van der Waals surface area contributed by atoms with Crippen molar-refractivity contribution < 1.29 is 19.1 Å². The zero-order chi connectivity index (χ0) is 17.6. The summed E-state index contributed by atoms with van der Waals surface area (Å²) in [5.41, 5.74) is 0.724. The molecule has 134 valence electrons. The minimum Gasteiger partial charge on any atom is -0.378 e. The molecule has 0 atom stereocenters. The van der Waals surface area contributed by atoms with Crippen LogP contribution < -0.4 is 5.32 Å². The van der Waals surface area contributed by atoms with Crippen LogP contribution in [0, 0.1) is 0 Å². The van der Waals surface area contributed by atoms with Gasteiger partial charge in [0.2, 0.25) is 5.91 Å². The van der Waals surface area contributed by atoms with Crippen LogP contribution in [0.15, 0.2) is 24.3 Å². The van der Waals surface area contributed by atoms with Crippen molar-refractivity contribution in [1.29, 1.82) is 0 Å². The lowest BCUT2D eigenvalue weighted by Gasteiger charge is -2.22. The van der Waals surface area contributed by atoms with Gasteiger partial charge >= 0.3 is 0 Å². The maximum atomic E-state index is 12.2. The lowest BCUT2D eigenvalue weighted by atomic mass is 9.98. The average molecular weight is 344 g/mol. The Hall–Kier alpha value is -2.21. The van der Waals surface area contributed by atoms with E-state index in [1.807, 2.05) is 0 Å². The fourth-order valence-electron chi connectivity index (χ4n) is 3.36. The molecule has 1 aliphatic heterocycles. The summed E-state index contributed by atoms with van der Waals surface area (Å²) in [6.07, 6.45) is 7.13. The van der Waals surface area contributed by atoms with Crippen LogP contribution in [0.4, 0.5) is 0 Å². The van der Waals surface area contributed by atoms with Crippen LogP contribution in [0.2, 0.25) is 0 Å². The molecule has 0 saturated heterocycles. The van der Waals surface area contributed by atoms with Crippen molar-refractivity contribution in [3.8, 4) is 0 Å².